The standard InChI is InChI=1S/C30H20N2O2/c33-29(23-15-13-21(14-16-23)20-7-2-1-3-8-20)31-25-11-6-10-24(19-25)30-32-28-26-12-5-4-9-22(26)17-18-27(28)34-30/h1-19H,(H,31,33). The van der Waals surface area contributed by atoms with Crippen molar-refractivity contribution in [1.82, 2.24) is 4.98 Å². The number of hydrogen-bond acceptors (Lipinski definition) is 3. The summed E-state index contributed by atoms with van der Waals surface area (Å²) in [7, 11) is 0. The van der Waals surface area contributed by atoms with Crippen molar-refractivity contribution in [2.24, 2.45) is 0 Å². The molecule has 1 N–H and O–H groups in total. The van der Waals surface area contributed by atoms with Gasteiger partial charge < -0.3 is 9.73 Å². The number of carbonyl (C=O) groups excluding carboxylic acids is 1. The zero-order valence-corrected chi connectivity index (χ0v) is 18.2. The third kappa shape index (κ3) is 3.71. The van der Waals surface area contributed by atoms with Crippen molar-refractivity contribution >= 4 is 33.5 Å². The molecule has 0 fully saturated rings. The van der Waals surface area contributed by atoms with Gasteiger partial charge in [0, 0.05) is 22.2 Å². The number of nitrogens with zero attached hydrogens (tertiary/aromatic N) is 1. The summed E-state index contributed by atoms with van der Waals surface area (Å²) in [5.41, 5.74) is 5.84. The molecule has 0 atom stereocenters. The Kier molecular flexibility index (Phi) is 4.89. The van der Waals surface area contributed by atoms with Gasteiger partial charge in [-0.05, 0) is 52.9 Å². The average molecular weight is 441 g/mol. The largest absolute Gasteiger partial charge is 0.436 e. The molecular weight excluding hydrogens is 420 g/mol. The minimum atomic E-state index is -0.166. The molecule has 0 unspecified atom stereocenters. The molecule has 6 aromatic rings. The van der Waals surface area contributed by atoms with Gasteiger partial charge in [0.05, 0.1) is 0 Å². The van der Waals surface area contributed by atoms with Crippen LogP contribution in [0.1, 0.15) is 10.4 Å². The summed E-state index contributed by atoms with van der Waals surface area (Å²) in [4.78, 5) is 17.6. The Balaban J connectivity index is 1.26. The molecule has 5 aromatic carbocycles. The normalized spacial score (nSPS) is 11.1. The molecule has 1 heterocycles. The maximum absolute atomic E-state index is 12.8. The van der Waals surface area contributed by atoms with Crippen LogP contribution in [0.25, 0.3) is 44.5 Å². The van der Waals surface area contributed by atoms with Crippen molar-refractivity contribution in [2.45, 2.75) is 0 Å². The topological polar surface area (TPSA) is 55.1 Å². The number of carbonyl (C=O) groups is 1. The molecule has 4 heteroatoms. The lowest BCUT2D eigenvalue weighted by Crippen LogP contribution is -2.11. The number of hydrogen-bond donors (Lipinski definition) is 1. The van der Waals surface area contributed by atoms with E-state index in [1.807, 2.05) is 97.1 Å². The SMILES string of the molecule is O=C(Nc1cccc(-c2nc3c(ccc4ccccc43)o2)c1)c1ccc(-c2ccccc2)cc1. The average Bonchev–Trinajstić information content (AvgIpc) is 3.35. The van der Waals surface area contributed by atoms with E-state index in [1.54, 1.807) is 0 Å². The zero-order valence-electron chi connectivity index (χ0n) is 18.2. The molecule has 0 radical (unpaired) electrons. The van der Waals surface area contributed by atoms with Gasteiger partial charge in [0.1, 0.15) is 5.52 Å². The van der Waals surface area contributed by atoms with Crippen molar-refractivity contribution in [2.75, 3.05) is 5.32 Å². The van der Waals surface area contributed by atoms with E-state index in [-0.39, 0.29) is 5.91 Å². The predicted octanol–water partition coefficient (Wildman–Crippen LogP) is 7.57. The van der Waals surface area contributed by atoms with Gasteiger partial charge in [0.15, 0.2) is 5.58 Å². The Labute approximate surface area is 196 Å². The first-order chi connectivity index (χ1) is 16.7. The molecule has 1 aromatic heterocycles. The summed E-state index contributed by atoms with van der Waals surface area (Å²) in [6.07, 6.45) is 0. The van der Waals surface area contributed by atoms with Gasteiger partial charge in [-0.2, -0.15) is 0 Å². The van der Waals surface area contributed by atoms with Gasteiger partial charge in [-0.1, -0.05) is 78.9 Å². The van der Waals surface area contributed by atoms with Gasteiger partial charge in [-0.15, -0.1) is 0 Å². The summed E-state index contributed by atoms with van der Waals surface area (Å²) < 4.78 is 6.04. The van der Waals surface area contributed by atoms with Crippen LogP contribution in [0.2, 0.25) is 0 Å². The molecule has 0 aliphatic carbocycles. The number of nitrogens with one attached hydrogen (secondary N) is 1. The third-order valence-corrected chi connectivity index (χ3v) is 5.91. The molecule has 6 rings (SSSR count). The van der Waals surface area contributed by atoms with E-state index in [2.05, 4.69) is 23.5 Å². The van der Waals surface area contributed by atoms with Crippen molar-refractivity contribution in [1.29, 1.82) is 0 Å². The van der Waals surface area contributed by atoms with Crippen LogP contribution in [-0.2, 0) is 0 Å². The summed E-state index contributed by atoms with van der Waals surface area (Å²) in [5, 5.41) is 5.16. The number of amides is 1. The fourth-order valence-electron chi connectivity index (χ4n) is 4.16. The Morgan fingerprint density at radius 2 is 1.41 bits per heavy atom. The van der Waals surface area contributed by atoms with Crippen LogP contribution < -0.4 is 5.32 Å². The number of oxazole rings is 1. The Morgan fingerprint density at radius 3 is 2.26 bits per heavy atom. The molecule has 0 aliphatic heterocycles. The summed E-state index contributed by atoms with van der Waals surface area (Å²) in [6, 6.07) is 37.3. The molecule has 1 amide bonds. The van der Waals surface area contributed by atoms with Crippen molar-refractivity contribution < 1.29 is 9.21 Å². The second kappa shape index (κ2) is 8.34. The van der Waals surface area contributed by atoms with E-state index in [0.29, 0.717) is 17.1 Å². The highest BCUT2D eigenvalue weighted by atomic mass is 16.3. The fourth-order valence-corrected chi connectivity index (χ4v) is 4.16. The van der Waals surface area contributed by atoms with E-state index in [9.17, 15) is 4.79 Å². The van der Waals surface area contributed by atoms with Crippen LogP contribution >= 0.6 is 0 Å². The molecule has 0 bridgehead atoms. The molecule has 4 nitrogen and oxygen atoms in total. The Bertz CT molecular complexity index is 1630. The van der Waals surface area contributed by atoms with Gasteiger partial charge in [-0.25, -0.2) is 4.98 Å². The predicted molar refractivity (Wildman–Crippen MR) is 137 cm³/mol. The van der Waals surface area contributed by atoms with E-state index in [4.69, 9.17) is 9.40 Å². The van der Waals surface area contributed by atoms with Crippen LogP contribution in [0.4, 0.5) is 5.69 Å². The van der Waals surface area contributed by atoms with Crippen molar-refractivity contribution in [3.8, 4) is 22.6 Å². The van der Waals surface area contributed by atoms with Crippen LogP contribution in [0, 0.1) is 0 Å². The Hall–Kier alpha value is -4.70. The summed E-state index contributed by atoms with van der Waals surface area (Å²) in [5.74, 6) is 0.356. The first-order valence-electron chi connectivity index (χ1n) is 11.1. The minimum Gasteiger partial charge on any atom is -0.436 e. The highest BCUT2D eigenvalue weighted by Crippen LogP contribution is 2.30. The molecule has 162 valence electrons. The molecule has 34 heavy (non-hydrogen) atoms. The smallest absolute Gasteiger partial charge is 0.255 e. The number of fused-ring (bicyclic) bond motifs is 3. The molecule has 0 spiro atoms. The van der Waals surface area contributed by atoms with E-state index < -0.39 is 0 Å². The molecule has 0 saturated carbocycles. The Morgan fingerprint density at radius 1 is 0.676 bits per heavy atom. The van der Waals surface area contributed by atoms with Crippen molar-refractivity contribution in [3.05, 3.63) is 121 Å². The highest BCUT2D eigenvalue weighted by Gasteiger charge is 2.13. The minimum absolute atomic E-state index is 0.166. The molecular formula is C30H20N2O2. The molecule has 0 saturated heterocycles. The first-order valence-corrected chi connectivity index (χ1v) is 11.1. The van der Waals surface area contributed by atoms with Crippen molar-refractivity contribution in [3.63, 3.8) is 0 Å². The van der Waals surface area contributed by atoms with Gasteiger partial charge in [-0.3, -0.25) is 4.79 Å². The van der Waals surface area contributed by atoms with Crippen LogP contribution in [0.3, 0.4) is 0 Å². The second-order valence-corrected chi connectivity index (χ2v) is 8.13. The second-order valence-electron chi connectivity index (χ2n) is 8.13. The maximum atomic E-state index is 12.8. The summed E-state index contributed by atoms with van der Waals surface area (Å²) in [6.45, 7) is 0. The number of anilines is 1. The van der Waals surface area contributed by atoms with Gasteiger partial charge in [0.25, 0.3) is 5.91 Å². The van der Waals surface area contributed by atoms with E-state index in [0.717, 1.165) is 38.6 Å². The van der Waals surface area contributed by atoms with Crippen LogP contribution in [0.15, 0.2) is 120 Å². The number of aromatic nitrogens is 1. The number of benzene rings is 5. The number of rotatable bonds is 4. The first kappa shape index (κ1) is 19.9. The summed E-state index contributed by atoms with van der Waals surface area (Å²) >= 11 is 0. The van der Waals surface area contributed by atoms with Crippen LogP contribution in [-0.4, -0.2) is 10.9 Å². The van der Waals surface area contributed by atoms with E-state index in [1.165, 1.54) is 0 Å². The van der Waals surface area contributed by atoms with Gasteiger partial charge >= 0.3 is 0 Å². The highest BCUT2D eigenvalue weighted by molar-refractivity contribution is 6.05. The molecule has 0 aliphatic rings. The fraction of sp³-hybridized carbons (Fsp3) is 0. The lowest BCUT2D eigenvalue weighted by molar-refractivity contribution is 0.102. The quantitative estimate of drug-likeness (QED) is 0.308. The lowest BCUT2D eigenvalue weighted by atomic mass is 10.0. The monoisotopic (exact) mass is 440 g/mol. The zero-order chi connectivity index (χ0) is 22.9. The third-order valence-electron chi connectivity index (χ3n) is 5.91. The van der Waals surface area contributed by atoms with Gasteiger partial charge in [0.2, 0.25) is 5.89 Å². The maximum Gasteiger partial charge on any atom is 0.255 e. The lowest BCUT2D eigenvalue weighted by Gasteiger charge is -2.07. The van der Waals surface area contributed by atoms with E-state index >= 15 is 0 Å². The van der Waals surface area contributed by atoms with Crippen LogP contribution in [0.5, 0.6) is 0 Å².